The average molecular weight is 214 g/mol. The summed E-state index contributed by atoms with van der Waals surface area (Å²) in [6.45, 7) is 4.64. The van der Waals surface area contributed by atoms with Gasteiger partial charge >= 0.3 is 0 Å². The first kappa shape index (κ1) is 12.5. The monoisotopic (exact) mass is 214 g/mol. The summed E-state index contributed by atoms with van der Waals surface area (Å²) in [4.78, 5) is 13.1. The molecule has 2 atom stereocenters. The zero-order chi connectivity index (χ0) is 11.3. The van der Waals surface area contributed by atoms with Gasteiger partial charge in [0.05, 0.1) is 6.61 Å². The number of piperidine rings is 1. The molecule has 0 aromatic carbocycles. The van der Waals surface area contributed by atoms with Crippen LogP contribution >= 0.6 is 0 Å². The molecule has 15 heavy (non-hydrogen) atoms. The fourth-order valence-corrected chi connectivity index (χ4v) is 1.78. The molecule has 0 spiro atoms. The van der Waals surface area contributed by atoms with Crippen LogP contribution < -0.4 is 5.32 Å². The van der Waals surface area contributed by atoms with Gasteiger partial charge in [0.15, 0.2) is 0 Å². The molecule has 4 nitrogen and oxygen atoms in total. The van der Waals surface area contributed by atoms with Crippen LogP contribution in [-0.4, -0.2) is 50.7 Å². The van der Waals surface area contributed by atoms with Crippen LogP contribution in [0.4, 0.5) is 0 Å². The first-order valence-corrected chi connectivity index (χ1v) is 5.64. The Balaban J connectivity index is 2.20. The highest BCUT2D eigenvalue weighted by atomic mass is 16.5. The van der Waals surface area contributed by atoms with Crippen LogP contribution in [0, 0.1) is 5.92 Å². The van der Waals surface area contributed by atoms with Crippen molar-refractivity contribution in [1.29, 1.82) is 0 Å². The summed E-state index contributed by atoms with van der Waals surface area (Å²) < 4.78 is 5.57. The van der Waals surface area contributed by atoms with Crippen LogP contribution in [0.25, 0.3) is 0 Å². The lowest BCUT2D eigenvalue weighted by molar-refractivity contribution is -0.140. The van der Waals surface area contributed by atoms with E-state index in [9.17, 15) is 4.79 Å². The molecule has 0 radical (unpaired) electrons. The molecule has 0 aromatic rings. The molecule has 0 aromatic heterocycles. The number of ether oxygens (including phenoxy) is 1. The van der Waals surface area contributed by atoms with E-state index in [0.717, 1.165) is 13.1 Å². The minimum atomic E-state index is -0.318. The second-order valence-corrected chi connectivity index (χ2v) is 4.42. The number of hydrogen-bond acceptors (Lipinski definition) is 3. The summed E-state index contributed by atoms with van der Waals surface area (Å²) in [7, 11) is 3.51. The number of rotatable bonds is 4. The first-order chi connectivity index (χ1) is 7.11. The molecule has 1 rings (SSSR count). The van der Waals surface area contributed by atoms with Gasteiger partial charge in [0.25, 0.3) is 5.91 Å². The Morgan fingerprint density at radius 2 is 2.33 bits per heavy atom. The lowest BCUT2D eigenvalue weighted by Gasteiger charge is -2.24. The SMILES string of the molecule is CC(OCC1CCCNC1)C(=O)N(C)C. The van der Waals surface area contributed by atoms with Gasteiger partial charge in [-0.1, -0.05) is 0 Å². The molecule has 88 valence electrons. The van der Waals surface area contributed by atoms with E-state index >= 15 is 0 Å². The minimum Gasteiger partial charge on any atom is -0.368 e. The van der Waals surface area contributed by atoms with Gasteiger partial charge in [-0.25, -0.2) is 0 Å². The second kappa shape index (κ2) is 6.08. The fourth-order valence-electron chi connectivity index (χ4n) is 1.78. The zero-order valence-corrected chi connectivity index (χ0v) is 9.95. The highest BCUT2D eigenvalue weighted by molar-refractivity contribution is 5.79. The van der Waals surface area contributed by atoms with Crippen LogP contribution in [0.1, 0.15) is 19.8 Å². The van der Waals surface area contributed by atoms with Gasteiger partial charge in [0.1, 0.15) is 6.10 Å². The molecule has 0 aliphatic carbocycles. The lowest BCUT2D eigenvalue weighted by Crippen LogP contribution is -2.37. The highest BCUT2D eigenvalue weighted by Crippen LogP contribution is 2.11. The van der Waals surface area contributed by atoms with Crippen LogP contribution in [0.5, 0.6) is 0 Å². The quantitative estimate of drug-likeness (QED) is 0.740. The molecule has 1 aliphatic heterocycles. The Kier molecular flexibility index (Phi) is 5.05. The lowest BCUT2D eigenvalue weighted by atomic mass is 10.0. The van der Waals surface area contributed by atoms with Gasteiger partial charge in [0, 0.05) is 20.6 Å². The van der Waals surface area contributed by atoms with Gasteiger partial charge in [0.2, 0.25) is 0 Å². The van der Waals surface area contributed by atoms with Crippen LogP contribution in [-0.2, 0) is 9.53 Å². The van der Waals surface area contributed by atoms with Gasteiger partial charge in [-0.15, -0.1) is 0 Å². The molecular weight excluding hydrogens is 192 g/mol. The third-order valence-corrected chi connectivity index (χ3v) is 2.77. The number of hydrogen-bond donors (Lipinski definition) is 1. The molecule has 2 unspecified atom stereocenters. The molecule has 1 heterocycles. The van der Waals surface area contributed by atoms with Crippen molar-refractivity contribution in [3.05, 3.63) is 0 Å². The van der Waals surface area contributed by atoms with Crippen molar-refractivity contribution in [2.45, 2.75) is 25.9 Å². The molecule has 0 saturated carbocycles. The van der Waals surface area contributed by atoms with Crippen LogP contribution in [0.3, 0.4) is 0 Å². The predicted octanol–water partition coefficient (Wildman–Crippen LogP) is 0.479. The number of carbonyl (C=O) groups excluding carboxylic acids is 1. The van der Waals surface area contributed by atoms with E-state index in [0.29, 0.717) is 12.5 Å². The number of amides is 1. The Hall–Kier alpha value is -0.610. The topological polar surface area (TPSA) is 41.6 Å². The van der Waals surface area contributed by atoms with Crippen molar-refractivity contribution in [3.63, 3.8) is 0 Å². The van der Waals surface area contributed by atoms with E-state index < -0.39 is 0 Å². The van der Waals surface area contributed by atoms with Crippen molar-refractivity contribution >= 4 is 5.91 Å². The zero-order valence-electron chi connectivity index (χ0n) is 9.95. The molecule has 4 heteroatoms. The van der Waals surface area contributed by atoms with Crippen molar-refractivity contribution < 1.29 is 9.53 Å². The van der Waals surface area contributed by atoms with Gasteiger partial charge in [-0.2, -0.15) is 0 Å². The smallest absolute Gasteiger partial charge is 0.250 e. The Bertz CT molecular complexity index is 201. The summed E-state index contributed by atoms with van der Waals surface area (Å²) in [5.41, 5.74) is 0. The molecule has 1 aliphatic rings. The largest absolute Gasteiger partial charge is 0.368 e. The van der Waals surface area contributed by atoms with E-state index in [4.69, 9.17) is 4.74 Å². The van der Waals surface area contributed by atoms with Crippen molar-refractivity contribution in [2.75, 3.05) is 33.8 Å². The fraction of sp³-hybridized carbons (Fsp3) is 0.909. The predicted molar refractivity (Wildman–Crippen MR) is 59.7 cm³/mol. The molecule has 0 bridgehead atoms. The number of likely N-dealkylation sites (N-methyl/N-ethyl adjacent to an activating group) is 1. The third kappa shape index (κ3) is 4.18. The second-order valence-electron chi connectivity index (χ2n) is 4.42. The summed E-state index contributed by atoms with van der Waals surface area (Å²) in [6.07, 6.45) is 2.10. The number of carbonyl (C=O) groups is 1. The van der Waals surface area contributed by atoms with Crippen molar-refractivity contribution in [1.82, 2.24) is 10.2 Å². The highest BCUT2D eigenvalue weighted by Gasteiger charge is 2.18. The summed E-state index contributed by atoms with van der Waals surface area (Å²) in [5.74, 6) is 0.606. The Labute approximate surface area is 92.0 Å². The van der Waals surface area contributed by atoms with E-state index in [2.05, 4.69) is 5.32 Å². The standard InChI is InChI=1S/C11H22N2O2/c1-9(11(14)13(2)3)15-8-10-5-4-6-12-7-10/h9-10,12H,4-8H2,1-3H3. The van der Waals surface area contributed by atoms with Gasteiger partial charge < -0.3 is 15.0 Å². The average Bonchev–Trinajstić information content (AvgIpc) is 2.26. The number of nitrogens with one attached hydrogen (secondary N) is 1. The van der Waals surface area contributed by atoms with E-state index in [-0.39, 0.29) is 12.0 Å². The van der Waals surface area contributed by atoms with Crippen LogP contribution in [0.15, 0.2) is 0 Å². The maximum absolute atomic E-state index is 11.5. The summed E-state index contributed by atoms with van der Waals surface area (Å²) >= 11 is 0. The maximum Gasteiger partial charge on any atom is 0.250 e. The van der Waals surface area contributed by atoms with Crippen molar-refractivity contribution in [2.24, 2.45) is 5.92 Å². The maximum atomic E-state index is 11.5. The number of nitrogens with zero attached hydrogens (tertiary/aromatic N) is 1. The summed E-state index contributed by atoms with van der Waals surface area (Å²) in [6, 6.07) is 0. The van der Waals surface area contributed by atoms with E-state index in [1.807, 2.05) is 6.92 Å². The Morgan fingerprint density at radius 1 is 1.60 bits per heavy atom. The third-order valence-electron chi connectivity index (χ3n) is 2.77. The normalized spacial score (nSPS) is 23.5. The van der Waals surface area contributed by atoms with E-state index in [1.54, 1.807) is 19.0 Å². The minimum absolute atomic E-state index is 0.0405. The first-order valence-electron chi connectivity index (χ1n) is 5.64. The Morgan fingerprint density at radius 3 is 2.87 bits per heavy atom. The molecule has 1 saturated heterocycles. The van der Waals surface area contributed by atoms with Crippen LogP contribution in [0.2, 0.25) is 0 Å². The molecular formula is C11H22N2O2. The molecule has 1 fully saturated rings. The molecule has 1 N–H and O–H groups in total. The van der Waals surface area contributed by atoms with E-state index in [1.165, 1.54) is 12.8 Å². The summed E-state index contributed by atoms with van der Waals surface area (Å²) in [5, 5.41) is 3.34. The van der Waals surface area contributed by atoms with Gasteiger partial charge in [-0.05, 0) is 32.2 Å². The molecule has 1 amide bonds. The van der Waals surface area contributed by atoms with Crippen molar-refractivity contribution in [3.8, 4) is 0 Å². The van der Waals surface area contributed by atoms with Gasteiger partial charge in [-0.3, -0.25) is 4.79 Å².